The lowest BCUT2D eigenvalue weighted by Gasteiger charge is -2.40. The summed E-state index contributed by atoms with van der Waals surface area (Å²) in [7, 11) is 1.45. The molecule has 4 fully saturated rings. The van der Waals surface area contributed by atoms with Gasteiger partial charge in [0, 0.05) is 5.41 Å². The largest absolute Gasteiger partial charge is 0.465 e. The summed E-state index contributed by atoms with van der Waals surface area (Å²) in [6, 6.07) is 8.21. The molecule has 22 heavy (non-hydrogen) atoms. The average Bonchev–Trinajstić information content (AvgIpc) is 3.14. The molecule has 4 aliphatic rings. The Morgan fingerprint density at radius 1 is 1.27 bits per heavy atom. The van der Waals surface area contributed by atoms with Crippen LogP contribution in [-0.2, 0) is 10.2 Å². The molecule has 1 aromatic rings. The Kier molecular flexibility index (Phi) is 3.12. The molecule has 0 aromatic heterocycles. The molecule has 2 saturated heterocycles. The van der Waals surface area contributed by atoms with E-state index in [1.807, 2.05) is 12.1 Å². The number of hydrogen-bond donors (Lipinski definition) is 1. The van der Waals surface area contributed by atoms with Gasteiger partial charge in [0.15, 0.2) is 0 Å². The smallest absolute Gasteiger partial charge is 0.337 e. The molecule has 2 saturated carbocycles. The van der Waals surface area contributed by atoms with Crippen LogP contribution >= 0.6 is 0 Å². The van der Waals surface area contributed by atoms with E-state index in [1.165, 1.54) is 44.9 Å². The third kappa shape index (κ3) is 1.95. The first-order chi connectivity index (χ1) is 10.6. The van der Waals surface area contributed by atoms with Crippen molar-refractivity contribution < 1.29 is 9.53 Å². The zero-order valence-corrected chi connectivity index (χ0v) is 13.5. The molecule has 2 heterocycles. The molecule has 118 valence electrons. The minimum absolute atomic E-state index is 0.225. The lowest BCUT2D eigenvalue weighted by Crippen LogP contribution is -2.36. The molecule has 0 radical (unpaired) electrons. The van der Waals surface area contributed by atoms with Crippen LogP contribution in [0.1, 0.15) is 48.5 Å². The molecule has 2 bridgehead atoms. The van der Waals surface area contributed by atoms with Crippen molar-refractivity contribution in [3.05, 3.63) is 35.4 Å². The van der Waals surface area contributed by atoms with Gasteiger partial charge in [0.2, 0.25) is 0 Å². The molecular formula is C19H25NO2. The van der Waals surface area contributed by atoms with Crippen molar-refractivity contribution in [3.8, 4) is 0 Å². The van der Waals surface area contributed by atoms with Crippen molar-refractivity contribution in [3.63, 3.8) is 0 Å². The number of benzene rings is 1. The number of ether oxygens (including phenoxy) is 1. The Bertz CT molecular complexity index is 605. The number of methoxy groups -OCH3 is 1. The second-order valence-electron chi connectivity index (χ2n) is 7.85. The Labute approximate surface area is 132 Å². The fraction of sp³-hybridized carbons (Fsp3) is 0.632. The van der Waals surface area contributed by atoms with Crippen LogP contribution in [0.25, 0.3) is 0 Å². The highest BCUT2D eigenvalue weighted by molar-refractivity contribution is 5.89. The molecule has 3 nitrogen and oxygen atoms in total. The molecule has 1 spiro atoms. The minimum atomic E-state index is -0.225. The second-order valence-corrected chi connectivity index (χ2v) is 7.85. The first-order valence-electron chi connectivity index (χ1n) is 8.48. The Morgan fingerprint density at radius 3 is 2.86 bits per heavy atom. The van der Waals surface area contributed by atoms with Crippen LogP contribution in [0.15, 0.2) is 24.3 Å². The number of esters is 1. The number of fused-ring (bicyclic) bond motifs is 4. The summed E-state index contributed by atoms with van der Waals surface area (Å²) in [6.07, 6.45) is 5.26. The summed E-state index contributed by atoms with van der Waals surface area (Å²) >= 11 is 0. The van der Waals surface area contributed by atoms with Gasteiger partial charge in [0.1, 0.15) is 0 Å². The van der Waals surface area contributed by atoms with E-state index in [0.29, 0.717) is 22.3 Å². The first-order valence-corrected chi connectivity index (χ1v) is 8.48. The summed E-state index contributed by atoms with van der Waals surface area (Å²) in [5, 5.41) is 3.64. The highest BCUT2D eigenvalue weighted by Crippen LogP contribution is 2.77. The van der Waals surface area contributed by atoms with Crippen molar-refractivity contribution in [2.75, 3.05) is 20.2 Å². The molecule has 2 atom stereocenters. The number of carbonyl (C=O) groups is 1. The SMILES string of the molecule is COC(=O)c1cccc(C23C[C@@H](C)CNCC4CC2(C4)C3)c1. The van der Waals surface area contributed by atoms with Gasteiger partial charge in [-0.1, -0.05) is 19.1 Å². The van der Waals surface area contributed by atoms with E-state index in [0.717, 1.165) is 12.5 Å². The zero-order valence-electron chi connectivity index (χ0n) is 13.5. The third-order valence-electron chi connectivity index (χ3n) is 6.35. The number of nitrogens with one attached hydrogen (secondary N) is 1. The van der Waals surface area contributed by atoms with Gasteiger partial charge in [0.05, 0.1) is 12.7 Å². The topological polar surface area (TPSA) is 38.3 Å². The Hall–Kier alpha value is -1.35. The average molecular weight is 299 g/mol. The first kappa shape index (κ1) is 14.3. The van der Waals surface area contributed by atoms with Crippen molar-refractivity contribution in [1.82, 2.24) is 5.32 Å². The maximum absolute atomic E-state index is 11.9. The normalized spacial score (nSPS) is 39.5. The van der Waals surface area contributed by atoms with E-state index in [4.69, 9.17) is 4.74 Å². The fourth-order valence-electron chi connectivity index (χ4n) is 5.34. The van der Waals surface area contributed by atoms with Crippen molar-refractivity contribution in [2.24, 2.45) is 17.3 Å². The van der Waals surface area contributed by atoms with Crippen LogP contribution in [0, 0.1) is 17.3 Å². The third-order valence-corrected chi connectivity index (χ3v) is 6.35. The molecule has 1 aromatic carbocycles. The zero-order chi connectivity index (χ0) is 15.4. The van der Waals surface area contributed by atoms with E-state index in [2.05, 4.69) is 24.4 Å². The molecule has 0 amide bonds. The highest BCUT2D eigenvalue weighted by atomic mass is 16.5. The van der Waals surface area contributed by atoms with Crippen LogP contribution in [0.4, 0.5) is 0 Å². The maximum atomic E-state index is 11.9. The van der Waals surface area contributed by atoms with Crippen molar-refractivity contribution in [2.45, 2.75) is 38.0 Å². The van der Waals surface area contributed by atoms with Crippen LogP contribution in [0.5, 0.6) is 0 Å². The van der Waals surface area contributed by atoms with Crippen LogP contribution < -0.4 is 5.32 Å². The molecule has 3 heteroatoms. The molecule has 1 N–H and O–H groups in total. The minimum Gasteiger partial charge on any atom is -0.465 e. The fourth-order valence-corrected chi connectivity index (χ4v) is 5.34. The number of hydrogen-bond acceptors (Lipinski definition) is 3. The summed E-state index contributed by atoms with van der Waals surface area (Å²) in [4.78, 5) is 11.9. The lowest BCUT2D eigenvalue weighted by molar-refractivity contribution is 0.0600. The molecule has 1 unspecified atom stereocenters. The lowest BCUT2D eigenvalue weighted by atomic mass is 9.65. The maximum Gasteiger partial charge on any atom is 0.337 e. The van der Waals surface area contributed by atoms with Crippen molar-refractivity contribution >= 4 is 5.97 Å². The Balaban J connectivity index is 1.69. The quantitative estimate of drug-likeness (QED) is 0.853. The van der Waals surface area contributed by atoms with Gasteiger partial charge in [-0.3, -0.25) is 0 Å². The summed E-state index contributed by atoms with van der Waals surface area (Å²) < 4.78 is 4.90. The highest BCUT2D eigenvalue weighted by Gasteiger charge is 2.72. The Morgan fingerprint density at radius 2 is 2.09 bits per heavy atom. The standard InChI is InChI=1S/C19H25NO2/c1-13-7-19(12-18(19)8-14(9-18)11-20-10-13)16-5-3-4-15(6-16)17(21)22-2/h3-6,13-14,20H,7-12H2,1-2H3/t13-,14?,18?,19?/m1/s1. The van der Waals surface area contributed by atoms with E-state index in [1.54, 1.807) is 0 Å². The number of carbonyl (C=O) groups excluding carboxylic acids is 1. The monoisotopic (exact) mass is 299 g/mol. The summed E-state index contributed by atoms with van der Waals surface area (Å²) in [6.45, 7) is 4.66. The summed E-state index contributed by atoms with van der Waals surface area (Å²) in [5.74, 6) is 1.31. The molecule has 2 aliphatic carbocycles. The predicted octanol–water partition coefficient (Wildman–Crippen LogP) is 3.14. The van der Waals surface area contributed by atoms with E-state index in [9.17, 15) is 4.79 Å². The van der Waals surface area contributed by atoms with Crippen molar-refractivity contribution in [1.29, 1.82) is 0 Å². The van der Waals surface area contributed by atoms with E-state index < -0.39 is 0 Å². The van der Waals surface area contributed by atoms with E-state index >= 15 is 0 Å². The van der Waals surface area contributed by atoms with Gasteiger partial charge in [-0.05, 0) is 73.7 Å². The predicted molar refractivity (Wildman–Crippen MR) is 85.9 cm³/mol. The van der Waals surface area contributed by atoms with Gasteiger partial charge in [-0.15, -0.1) is 0 Å². The molecule has 5 rings (SSSR count). The van der Waals surface area contributed by atoms with Crippen LogP contribution in [0.2, 0.25) is 0 Å². The summed E-state index contributed by atoms with van der Waals surface area (Å²) in [5.41, 5.74) is 2.88. The molecular weight excluding hydrogens is 274 g/mol. The van der Waals surface area contributed by atoms with Gasteiger partial charge < -0.3 is 10.1 Å². The van der Waals surface area contributed by atoms with Gasteiger partial charge >= 0.3 is 5.97 Å². The van der Waals surface area contributed by atoms with Crippen LogP contribution in [-0.4, -0.2) is 26.2 Å². The second kappa shape index (κ2) is 4.82. The molecule has 2 aliphatic heterocycles. The van der Waals surface area contributed by atoms with Gasteiger partial charge in [-0.2, -0.15) is 0 Å². The van der Waals surface area contributed by atoms with Crippen LogP contribution in [0.3, 0.4) is 0 Å². The van der Waals surface area contributed by atoms with Gasteiger partial charge in [-0.25, -0.2) is 4.79 Å². The van der Waals surface area contributed by atoms with Gasteiger partial charge in [0.25, 0.3) is 0 Å². The number of rotatable bonds is 2. The van der Waals surface area contributed by atoms with E-state index in [-0.39, 0.29) is 5.97 Å².